The Morgan fingerprint density at radius 1 is 1.37 bits per heavy atom. The molecule has 0 saturated carbocycles. The standard InChI is InChI=1S/C10H16N4O4S/c1-12-9(2-3-11-12)19(17,18)14-6-4-13(5-7-14)8-10(15)16/h2-3H,4-8H2,1H3,(H,15,16). The van der Waals surface area contributed by atoms with Gasteiger partial charge in [0.2, 0.25) is 0 Å². The number of aromatic nitrogens is 2. The van der Waals surface area contributed by atoms with E-state index in [1.54, 1.807) is 11.9 Å². The van der Waals surface area contributed by atoms with Crippen molar-refractivity contribution in [3.8, 4) is 0 Å². The molecule has 0 unspecified atom stereocenters. The molecular formula is C10H16N4O4S. The summed E-state index contributed by atoms with van der Waals surface area (Å²) in [5, 5.41) is 12.7. The van der Waals surface area contributed by atoms with Crippen LogP contribution in [0.1, 0.15) is 0 Å². The van der Waals surface area contributed by atoms with E-state index in [-0.39, 0.29) is 11.6 Å². The fourth-order valence-electron chi connectivity index (χ4n) is 2.07. The number of carbonyl (C=O) groups is 1. The van der Waals surface area contributed by atoms with E-state index in [0.29, 0.717) is 26.2 Å². The van der Waals surface area contributed by atoms with Crippen LogP contribution >= 0.6 is 0 Å². The maximum absolute atomic E-state index is 12.3. The molecule has 0 spiro atoms. The highest BCUT2D eigenvalue weighted by atomic mass is 32.2. The van der Waals surface area contributed by atoms with E-state index < -0.39 is 16.0 Å². The summed E-state index contributed by atoms with van der Waals surface area (Å²) >= 11 is 0. The molecule has 106 valence electrons. The topological polar surface area (TPSA) is 95.7 Å². The average Bonchev–Trinajstić information content (AvgIpc) is 2.76. The smallest absolute Gasteiger partial charge is 0.317 e. The number of carboxylic acids is 1. The SMILES string of the molecule is Cn1nccc1S(=O)(=O)N1CCN(CC(=O)O)CC1. The summed E-state index contributed by atoms with van der Waals surface area (Å²) in [5.74, 6) is -0.900. The number of sulfonamides is 1. The number of aryl methyl sites for hydroxylation is 1. The molecule has 1 fully saturated rings. The Kier molecular flexibility index (Phi) is 3.88. The maximum Gasteiger partial charge on any atom is 0.317 e. The van der Waals surface area contributed by atoms with Crippen molar-refractivity contribution in [3.05, 3.63) is 12.3 Å². The molecule has 2 heterocycles. The van der Waals surface area contributed by atoms with Crippen LogP contribution in [0.5, 0.6) is 0 Å². The summed E-state index contributed by atoms with van der Waals surface area (Å²) in [6.07, 6.45) is 1.44. The summed E-state index contributed by atoms with van der Waals surface area (Å²) in [5.41, 5.74) is 0. The lowest BCUT2D eigenvalue weighted by Gasteiger charge is -2.32. The second-order valence-electron chi connectivity index (χ2n) is 4.37. The van der Waals surface area contributed by atoms with Gasteiger partial charge in [-0.3, -0.25) is 14.4 Å². The van der Waals surface area contributed by atoms with Crippen LogP contribution in [0.25, 0.3) is 0 Å². The Labute approximate surface area is 111 Å². The lowest BCUT2D eigenvalue weighted by atomic mass is 10.3. The first-order chi connectivity index (χ1) is 8.91. The van der Waals surface area contributed by atoms with Crippen molar-refractivity contribution in [2.24, 2.45) is 7.05 Å². The third kappa shape index (κ3) is 2.94. The fraction of sp³-hybridized carbons (Fsp3) is 0.600. The van der Waals surface area contributed by atoms with Crippen molar-refractivity contribution in [2.75, 3.05) is 32.7 Å². The van der Waals surface area contributed by atoms with Crippen molar-refractivity contribution >= 4 is 16.0 Å². The Morgan fingerprint density at radius 3 is 2.47 bits per heavy atom. The first kappa shape index (κ1) is 14.0. The van der Waals surface area contributed by atoms with Gasteiger partial charge in [-0.1, -0.05) is 0 Å². The van der Waals surface area contributed by atoms with Crippen LogP contribution in [0.3, 0.4) is 0 Å². The van der Waals surface area contributed by atoms with Crippen molar-refractivity contribution in [1.82, 2.24) is 19.0 Å². The van der Waals surface area contributed by atoms with E-state index in [1.165, 1.54) is 21.3 Å². The highest BCUT2D eigenvalue weighted by Crippen LogP contribution is 2.16. The van der Waals surface area contributed by atoms with E-state index in [9.17, 15) is 13.2 Å². The predicted molar refractivity (Wildman–Crippen MR) is 66.0 cm³/mol. The number of hydrogen-bond acceptors (Lipinski definition) is 5. The molecule has 8 nitrogen and oxygen atoms in total. The normalized spacial score (nSPS) is 18.6. The molecule has 1 saturated heterocycles. The summed E-state index contributed by atoms with van der Waals surface area (Å²) in [6.45, 7) is 1.37. The van der Waals surface area contributed by atoms with Gasteiger partial charge < -0.3 is 5.11 Å². The Balaban J connectivity index is 2.05. The van der Waals surface area contributed by atoms with Gasteiger partial charge in [-0.15, -0.1) is 0 Å². The van der Waals surface area contributed by atoms with E-state index in [4.69, 9.17) is 5.11 Å². The number of rotatable bonds is 4. The molecule has 1 aromatic rings. The van der Waals surface area contributed by atoms with Gasteiger partial charge in [-0.25, -0.2) is 8.42 Å². The van der Waals surface area contributed by atoms with Crippen LogP contribution in [0.2, 0.25) is 0 Å². The van der Waals surface area contributed by atoms with Crippen LogP contribution < -0.4 is 0 Å². The average molecular weight is 288 g/mol. The zero-order valence-corrected chi connectivity index (χ0v) is 11.4. The van der Waals surface area contributed by atoms with Crippen LogP contribution in [-0.2, 0) is 21.9 Å². The largest absolute Gasteiger partial charge is 0.480 e. The van der Waals surface area contributed by atoms with E-state index in [2.05, 4.69) is 5.10 Å². The predicted octanol–water partition coefficient (Wildman–Crippen LogP) is -1.19. The minimum atomic E-state index is -3.54. The van der Waals surface area contributed by atoms with Crippen LogP contribution in [0.15, 0.2) is 17.3 Å². The number of carboxylic acid groups (broad SMARTS) is 1. The molecule has 2 rings (SSSR count). The molecule has 0 radical (unpaired) electrons. The molecule has 0 bridgehead atoms. The number of hydrogen-bond donors (Lipinski definition) is 1. The maximum atomic E-state index is 12.3. The molecule has 0 aromatic carbocycles. The molecule has 1 aromatic heterocycles. The highest BCUT2D eigenvalue weighted by molar-refractivity contribution is 7.89. The Morgan fingerprint density at radius 2 is 2.00 bits per heavy atom. The molecule has 1 aliphatic heterocycles. The lowest BCUT2D eigenvalue weighted by Crippen LogP contribution is -2.50. The summed E-state index contributed by atoms with van der Waals surface area (Å²) in [4.78, 5) is 12.3. The molecule has 9 heteroatoms. The summed E-state index contributed by atoms with van der Waals surface area (Å²) < 4.78 is 27.3. The zero-order chi connectivity index (χ0) is 14.0. The molecule has 0 atom stereocenters. The molecule has 0 amide bonds. The molecule has 19 heavy (non-hydrogen) atoms. The first-order valence-corrected chi connectivity index (χ1v) is 7.27. The molecule has 0 aliphatic carbocycles. The second kappa shape index (κ2) is 5.27. The third-order valence-electron chi connectivity index (χ3n) is 3.07. The van der Waals surface area contributed by atoms with Gasteiger partial charge in [0, 0.05) is 33.2 Å². The summed E-state index contributed by atoms with van der Waals surface area (Å²) in [6, 6.07) is 1.46. The minimum Gasteiger partial charge on any atom is -0.480 e. The summed E-state index contributed by atoms with van der Waals surface area (Å²) in [7, 11) is -1.96. The van der Waals surface area contributed by atoms with Gasteiger partial charge >= 0.3 is 5.97 Å². The van der Waals surface area contributed by atoms with Gasteiger partial charge in [0.1, 0.15) is 0 Å². The van der Waals surface area contributed by atoms with E-state index in [1.807, 2.05) is 0 Å². The number of aliphatic carboxylic acids is 1. The highest BCUT2D eigenvalue weighted by Gasteiger charge is 2.30. The Bertz CT molecular complexity index is 560. The van der Waals surface area contributed by atoms with Crippen molar-refractivity contribution in [2.45, 2.75) is 5.03 Å². The Hall–Kier alpha value is -1.45. The zero-order valence-electron chi connectivity index (χ0n) is 10.6. The quantitative estimate of drug-likeness (QED) is 0.748. The van der Waals surface area contributed by atoms with Gasteiger partial charge in [0.15, 0.2) is 5.03 Å². The second-order valence-corrected chi connectivity index (χ2v) is 6.25. The van der Waals surface area contributed by atoms with E-state index >= 15 is 0 Å². The number of nitrogens with zero attached hydrogens (tertiary/aromatic N) is 4. The van der Waals surface area contributed by atoms with Crippen LogP contribution in [0, 0.1) is 0 Å². The van der Waals surface area contributed by atoms with E-state index in [0.717, 1.165) is 0 Å². The minimum absolute atomic E-state index is 0.0560. The molecular weight excluding hydrogens is 272 g/mol. The fourth-order valence-corrected chi connectivity index (χ4v) is 3.59. The van der Waals surface area contributed by atoms with Crippen molar-refractivity contribution in [1.29, 1.82) is 0 Å². The van der Waals surface area contributed by atoms with Gasteiger partial charge in [0.25, 0.3) is 10.0 Å². The third-order valence-corrected chi connectivity index (χ3v) is 5.04. The van der Waals surface area contributed by atoms with Crippen molar-refractivity contribution in [3.63, 3.8) is 0 Å². The molecule has 1 N–H and O–H groups in total. The van der Waals surface area contributed by atoms with Gasteiger partial charge in [-0.05, 0) is 6.07 Å². The van der Waals surface area contributed by atoms with Crippen LogP contribution in [-0.4, -0.2) is 71.2 Å². The number of piperazine rings is 1. The van der Waals surface area contributed by atoms with Crippen molar-refractivity contribution < 1.29 is 18.3 Å². The van der Waals surface area contributed by atoms with Gasteiger partial charge in [0.05, 0.1) is 12.7 Å². The monoisotopic (exact) mass is 288 g/mol. The first-order valence-electron chi connectivity index (χ1n) is 5.83. The van der Waals surface area contributed by atoms with Crippen LogP contribution in [0.4, 0.5) is 0 Å². The van der Waals surface area contributed by atoms with Gasteiger partial charge in [-0.2, -0.15) is 9.40 Å². The lowest BCUT2D eigenvalue weighted by molar-refractivity contribution is -0.138. The molecule has 1 aliphatic rings.